The highest BCUT2D eigenvalue weighted by molar-refractivity contribution is 5.91. The number of aliphatic hydroxyl groups is 1. The molecule has 0 radical (unpaired) electrons. The van der Waals surface area contributed by atoms with Crippen molar-refractivity contribution in [3.05, 3.63) is 41.2 Å². The molecule has 6 nitrogen and oxygen atoms in total. The SMILES string of the molecule is Cc1nc2cccc(-c3cc4c([nH]3)[C@@H](C)NC4O)c2nc1NC1(C)CC1. The third-order valence-corrected chi connectivity index (χ3v) is 5.60. The normalized spacial score (nSPS) is 23.2. The lowest BCUT2D eigenvalue weighted by Gasteiger charge is -2.15. The summed E-state index contributed by atoms with van der Waals surface area (Å²) in [4.78, 5) is 13.2. The highest BCUT2D eigenvalue weighted by Gasteiger charge is 2.38. The van der Waals surface area contributed by atoms with E-state index in [1.807, 2.05) is 32.0 Å². The second-order valence-electron chi connectivity index (χ2n) is 7.86. The van der Waals surface area contributed by atoms with Gasteiger partial charge in [0, 0.05) is 34.1 Å². The van der Waals surface area contributed by atoms with Gasteiger partial charge < -0.3 is 15.4 Å². The fraction of sp³-hybridized carbons (Fsp3) is 0.400. The zero-order valence-corrected chi connectivity index (χ0v) is 15.2. The molecule has 1 unspecified atom stereocenters. The highest BCUT2D eigenvalue weighted by Crippen LogP contribution is 2.39. The number of nitrogens with one attached hydrogen (secondary N) is 3. The molecule has 3 heterocycles. The van der Waals surface area contributed by atoms with Crippen molar-refractivity contribution in [3.8, 4) is 11.3 Å². The van der Waals surface area contributed by atoms with Gasteiger partial charge in [0.1, 0.15) is 17.6 Å². The standard InChI is InChI=1S/C20H23N5O/c1-10-16-13(19(26)22-10)9-15(23-16)12-5-4-6-14-17(12)24-18(11(2)21-14)25-20(3)7-8-20/h4-6,9-10,19,22-23,26H,7-8H2,1-3H3,(H,24,25)/t10-,19?/m1/s1. The molecule has 134 valence electrons. The topological polar surface area (TPSA) is 85.9 Å². The van der Waals surface area contributed by atoms with Gasteiger partial charge in [-0.1, -0.05) is 12.1 Å². The number of fused-ring (bicyclic) bond motifs is 2. The summed E-state index contributed by atoms with van der Waals surface area (Å²) in [5, 5.41) is 16.8. The summed E-state index contributed by atoms with van der Waals surface area (Å²) in [5.74, 6) is 0.860. The van der Waals surface area contributed by atoms with E-state index in [0.29, 0.717) is 0 Å². The van der Waals surface area contributed by atoms with Crippen LogP contribution in [0.1, 0.15) is 55.9 Å². The maximum absolute atomic E-state index is 10.2. The summed E-state index contributed by atoms with van der Waals surface area (Å²) in [6.07, 6.45) is 1.71. The van der Waals surface area contributed by atoms with E-state index in [1.165, 1.54) is 12.8 Å². The Kier molecular flexibility index (Phi) is 3.21. The lowest BCUT2D eigenvalue weighted by Crippen LogP contribution is -2.18. The molecule has 5 rings (SSSR count). The fourth-order valence-corrected chi connectivity index (χ4v) is 3.73. The van der Waals surface area contributed by atoms with Gasteiger partial charge in [-0.15, -0.1) is 0 Å². The van der Waals surface area contributed by atoms with Crippen molar-refractivity contribution in [1.82, 2.24) is 20.3 Å². The second kappa shape index (κ2) is 5.28. The molecule has 1 aromatic carbocycles. The van der Waals surface area contributed by atoms with Crippen molar-refractivity contribution in [1.29, 1.82) is 0 Å². The second-order valence-corrected chi connectivity index (χ2v) is 7.86. The summed E-state index contributed by atoms with van der Waals surface area (Å²) in [6, 6.07) is 8.18. The average molecular weight is 349 g/mol. The molecular weight excluding hydrogens is 326 g/mol. The quantitative estimate of drug-likeness (QED) is 0.581. The monoisotopic (exact) mass is 349 g/mol. The van der Waals surface area contributed by atoms with Crippen molar-refractivity contribution in [2.45, 2.75) is 51.4 Å². The van der Waals surface area contributed by atoms with Crippen LogP contribution in [0.4, 0.5) is 5.82 Å². The number of nitrogens with zero attached hydrogens (tertiary/aromatic N) is 2. The van der Waals surface area contributed by atoms with E-state index in [-0.39, 0.29) is 11.6 Å². The van der Waals surface area contributed by atoms with E-state index >= 15 is 0 Å². The molecule has 0 amide bonds. The van der Waals surface area contributed by atoms with E-state index < -0.39 is 6.23 Å². The Labute approximate surface area is 152 Å². The summed E-state index contributed by atoms with van der Waals surface area (Å²) in [5.41, 5.74) is 6.75. The first-order valence-corrected chi connectivity index (χ1v) is 9.16. The number of aryl methyl sites for hydroxylation is 1. The molecule has 0 spiro atoms. The predicted octanol–water partition coefficient (Wildman–Crippen LogP) is 3.55. The lowest BCUT2D eigenvalue weighted by molar-refractivity contribution is 0.143. The van der Waals surface area contributed by atoms with Crippen LogP contribution >= 0.6 is 0 Å². The fourth-order valence-electron chi connectivity index (χ4n) is 3.73. The lowest BCUT2D eigenvalue weighted by atomic mass is 10.1. The highest BCUT2D eigenvalue weighted by atomic mass is 16.3. The van der Waals surface area contributed by atoms with Gasteiger partial charge in [0.05, 0.1) is 11.2 Å². The summed E-state index contributed by atoms with van der Waals surface area (Å²) in [6.45, 7) is 6.26. The average Bonchev–Trinajstić information content (AvgIpc) is 3.06. The van der Waals surface area contributed by atoms with Crippen LogP contribution in [-0.2, 0) is 0 Å². The van der Waals surface area contributed by atoms with E-state index in [4.69, 9.17) is 9.97 Å². The number of hydrogen-bond donors (Lipinski definition) is 4. The van der Waals surface area contributed by atoms with Gasteiger partial charge in [-0.25, -0.2) is 9.97 Å². The maximum atomic E-state index is 10.2. The molecule has 2 atom stereocenters. The molecule has 1 saturated carbocycles. The van der Waals surface area contributed by atoms with Crippen LogP contribution in [0.3, 0.4) is 0 Å². The molecule has 2 aliphatic rings. The molecule has 2 aromatic heterocycles. The number of aromatic amines is 1. The Morgan fingerprint density at radius 3 is 2.81 bits per heavy atom. The van der Waals surface area contributed by atoms with Gasteiger partial charge in [-0.05, 0) is 45.7 Å². The Bertz CT molecular complexity index is 995. The van der Waals surface area contributed by atoms with E-state index in [1.54, 1.807) is 0 Å². The van der Waals surface area contributed by atoms with Gasteiger partial charge in [-0.2, -0.15) is 0 Å². The van der Waals surface area contributed by atoms with Crippen LogP contribution in [-0.4, -0.2) is 25.6 Å². The first kappa shape index (κ1) is 15.8. The van der Waals surface area contributed by atoms with E-state index in [0.717, 1.165) is 45.1 Å². The van der Waals surface area contributed by atoms with E-state index in [9.17, 15) is 5.11 Å². The number of para-hydroxylation sites is 1. The van der Waals surface area contributed by atoms with Gasteiger partial charge in [0.25, 0.3) is 0 Å². The summed E-state index contributed by atoms with van der Waals surface area (Å²) < 4.78 is 0. The minimum absolute atomic E-state index is 0.101. The third-order valence-electron chi connectivity index (χ3n) is 5.60. The van der Waals surface area contributed by atoms with Crippen molar-refractivity contribution in [2.75, 3.05) is 5.32 Å². The van der Waals surface area contributed by atoms with Crippen molar-refractivity contribution >= 4 is 16.9 Å². The van der Waals surface area contributed by atoms with Crippen LogP contribution in [0.5, 0.6) is 0 Å². The smallest absolute Gasteiger partial charge is 0.148 e. The zero-order valence-electron chi connectivity index (χ0n) is 15.2. The largest absolute Gasteiger partial charge is 0.374 e. The number of H-pyrrole nitrogens is 1. The van der Waals surface area contributed by atoms with Crippen molar-refractivity contribution < 1.29 is 5.11 Å². The Morgan fingerprint density at radius 1 is 1.27 bits per heavy atom. The molecule has 3 aromatic rings. The van der Waals surface area contributed by atoms with Crippen LogP contribution in [0.2, 0.25) is 0 Å². The molecule has 1 aliphatic heterocycles. The Hall–Kier alpha value is -2.44. The van der Waals surface area contributed by atoms with Gasteiger partial charge in [0.2, 0.25) is 0 Å². The number of anilines is 1. The van der Waals surface area contributed by atoms with Gasteiger partial charge in [0.15, 0.2) is 0 Å². The van der Waals surface area contributed by atoms with Crippen LogP contribution in [0, 0.1) is 6.92 Å². The Morgan fingerprint density at radius 2 is 2.08 bits per heavy atom. The van der Waals surface area contributed by atoms with Crippen LogP contribution < -0.4 is 10.6 Å². The number of hydrogen-bond acceptors (Lipinski definition) is 5. The minimum atomic E-state index is -0.625. The molecule has 4 N–H and O–H groups in total. The molecule has 1 aliphatic carbocycles. The molecule has 6 heteroatoms. The zero-order chi connectivity index (χ0) is 18.1. The number of aromatic nitrogens is 3. The van der Waals surface area contributed by atoms with Gasteiger partial charge >= 0.3 is 0 Å². The van der Waals surface area contributed by atoms with Crippen molar-refractivity contribution in [2.24, 2.45) is 0 Å². The molecular formula is C20H23N5O. The van der Waals surface area contributed by atoms with E-state index in [2.05, 4.69) is 28.6 Å². The van der Waals surface area contributed by atoms with Crippen LogP contribution in [0.25, 0.3) is 22.3 Å². The molecule has 1 fully saturated rings. The minimum Gasteiger partial charge on any atom is -0.374 e. The van der Waals surface area contributed by atoms with Crippen LogP contribution in [0.15, 0.2) is 24.3 Å². The third kappa shape index (κ3) is 2.40. The summed E-state index contributed by atoms with van der Waals surface area (Å²) in [7, 11) is 0. The summed E-state index contributed by atoms with van der Waals surface area (Å²) >= 11 is 0. The molecule has 0 bridgehead atoms. The maximum Gasteiger partial charge on any atom is 0.148 e. The first-order chi connectivity index (χ1) is 12.4. The predicted molar refractivity (Wildman–Crippen MR) is 102 cm³/mol. The number of benzene rings is 1. The molecule has 0 saturated heterocycles. The van der Waals surface area contributed by atoms with Crippen molar-refractivity contribution in [3.63, 3.8) is 0 Å². The molecule has 26 heavy (non-hydrogen) atoms. The number of rotatable bonds is 3. The van der Waals surface area contributed by atoms with Gasteiger partial charge in [-0.3, -0.25) is 5.32 Å². The number of aliphatic hydroxyl groups excluding tert-OH is 1. The first-order valence-electron chi connectivity index (χ1n) is 9.16. The Balaban J connectivity index is 1.65.